The van der Waals surface area contributed by atoms with E-state index in [1.807, 2.05) is 36.4 Å². The van der Waals surface area contributed by atoms with Crippen molar-refractivity contribution in [1.82, 2.24) is 5.32 Å². The Labute approximate surface area is 113 Å². The van der Waals surface area contributed by atoms with E-state index in [-0.39, 0.29) is 0 Å². The lowest BCUT2D eigenvalue weighted by Crippen LogP contribution is -2.13. The summed E-state index contributed by atoms with van der Waals surface area (Å²) in [5.74, 6) is 1.86. The molecule has 1 heterocycles. The lowest BCUT2D eigenvalue weighted by atomic mass is 10.2. The van der Waals surface area contributed by atoms with Gasteiger partial charge in [-0.25, -0.2) is 0 Å². The summed E-state index contributed by atoms with van der Waals surface area (Å²) < 4.78 is 5.78. The van der Waals surface area contributed by atoms with Crippen molar-refractivity contribution in [2.75, 3.05) is 6.54 Å². The van der Waals surface area contributed by atoms with E-state index >= 15 is 0 Å². The average Bonchev–Trinajstić information content (AvgIpc) is 2.84. The van der Waals surface area contributed by atoms with Crippen LogP contribution < -0.4 is 5.32 Å². The van der Waals surface area contributed by atoms with E-state index in [2.05, 4.69) is 12.2 Å². The summed E-state index contributed by atoms with van der Waals surface area (Å²) in [7, 11) is 0. The Morgan fingerprint density at radius 1 is 1.11 bits per heavy atom. The van der Waals surface area contributed by atoms with Crippen molar-refractivity contribution in [1.29, 1.82) is 0 Å². The molecule has 0 fully saturated rings. The fraction of sp³-hybridized carbons (Fsp3) is 0.333. The number of furan rings is 1. The first-order valence-electron chi connectivity index (χ1n) is 6.35. The van der Waals surface area contributed by atoms with Crippen LogP contribution in [0.1, 0.15) is 25.5 Å². The monoisotopic (exact) mass is 263 g/mol. The van der Waals surface area contributed by atoms with Crippen LogP contribution in [0.2, 0.25) is 5.02 Å². The molecule has 0 unspecified atom stereocenters. The molecule has 18 heavy (non-hydrogen) atoms. The van der Waals surface area contributed by atoms with Gasteiger partial charge in [0.15, 0.2) is 0 Å². The van der Waals surface area contributed by atoms with Gasteiger partial charge >= 0.3 is 0 Å². The number of benzene rings is 1. The zero-order valence-electron chi connectivity index (χ0n) is 10.6. The summed E-state index contributed by atoms with van der Waals surface area (Å²) in [6.07, 6.45) is 2.41. The maximum Gasteiger partial charge on any atom is 0.134 e. The molecule has 96 valence electrons. The first-order valence-corrected chi connectivity index (χ1v) is 6.73. The zero-order valence-corrected chi connectivity index (χ0v) is 11.3. The summed E-state index contributed by atoms with van der Waals surface area (Å²) in [5, 5.41) is 4.10. The molecule has 0 aliphatic carbocycles. The molecule has 0 bridgehead atoms. The topological polar surface area (TPSA) is 25.2 Å². The Balaban J connectivity index is 1.95. The fourth-order valence-electron chi connectivity index (χ4n) is 1.76. The summed E-state index contributed by atoms with van der Waals surface area (Å²) in [6.45, 7) is 4.01. The lowest BCUT2D eigenvalue weighted by molar-refractivity contribution is 0.490. The van der Waals surface area contributed by atoms with E-state index in [0.29, 0.717) is 0 Å². The number of rotatable bonds is 6. The van der Waals surface area contributed by atoms with Crippen molar-refractivity contribution in [3.8, 4) is 11.3 Å². The third-order valence-corrected chi connectivity index (χ3v) is 3.05. The minimum Gasteiger partial charge on any atom is -0.460 e. The van der Waals surface area contributed by atoms with E-state index in [4.69, 9.17) is 16.0 Å². The van der Waals surface area contributed by atoms with Gasteiger partial charge in [0.2, 0.25) is 0 Å². The molecule has 0 aliphatic rings. The third kappa shape index (κ3) is 3.62. The van der Waals surface area contributed by atoms with Crippen LogP contribution in [0.3, 0.4) is 0 Å². The van der Waals surface area contributed by atoms with Crippen LogP contribution in [0, 0.1) is 0 Å². The predicted octanol–water partition coefficient (Wildman–Crippen LogP) is 4.49. The van der Waals surface area contributed by atoms with Crippen molar-refractivity contribution in [3.05, 3.63) is 47.2 Å². The van der Waals surface area contributed by atoms with E-state index in [0.717, 1.165) is 35.2 Å². The molecule has 2 rings (SSSR count). The van der Waals surface area contributed by atoms with Crippen LogP contribution in [0.15, 0.2) is 40.8 Å². The molecule has 1 N–H and O–H groups in total. The van der Waals surface area contributed by atoms with Crippen molar-refractivity contribution in [2.45, 2.75) is 26.3 Å². The smallest absolute Gasteiger partial charge is 0.134 e. The van der Waals surface area contributed by atoms with Gasteiger partial charge in [-0.3, -0.25) is 0 Å². The van der Waals surface area contributed by atoms with E-state index in [1.165, 1.54) is 12.8 Å². The number of nitrogens with one attached hydrogen (secondary N) is 1. The Morgan fingerprint density at radius 2 is 1.89 bits per heavy atom. The van der Waals surface area contributed by atoms with Gasteiger partial charge in [0.1, 0.15) is 11.5 Å². The molecular formula is C15H18ClNO. The Morgan fingerprint density at radius 3 is 2.61 bits per heavy atom. The molecule has 2 nitrogen and oxygen atoms in total. The van der Waals surface area contributed by atoms with Gasteiger partial charge in [-0.15, -0.1) is 0 Å². The van der Waals surface area contributed by atoms with Gasteiger partial charge in [0.25, 0.3) is 0 Å². The van der Waals surface area contributed by atoms with Gasteiger partial charge in [-0.1, -0.05) is 24.9 Å². The molecule has 0 aliphatic heterocycles. The highest BCUT2D eigenvalue weighted by Crippen LogP contribution is 2.23. The molecular weight excluding hydrogens is 246 g/mol. The van der Waals surface area contributed by atoms with Crippen molar-refractivity contribution < 1.29 is 4.42 Å². The molecule has 0 saturated heterocycles. The predicted molar refractivity (Wildman–Crippen MR) is 75.8 cm³/mol. The number of hydrogen-bond donors (Lipinski definition) is 1. The molecule has 0 radical (unpaired) electrons. The summed E-state index contributed by atoms with van der Waals surface area (Å²) >= 11 is 5.86. The summed E-state index contributed by atoms with van der Waals surface area (Å²) in [5.41, 5.74) is 1.05. The highest BCUT2D eigenvalue weighted by Gasteiger charge is 2.04. The number of halogens is 1. The second kappa shape index (κ2) is 6.62. The maximum atomic E-state index is 5.86. The second-order valence-corrected chi connectivity index (χ2v) is 4.74. The molecule has 0 saturated carbocycles. The lowest BCUT2D eigenvalue weighted by Gasteiger charge is -2.01. The van der Waals surface area contributed by atoms with Crippen LogP contribution in [-0.2, 0) is 6.54 Å². The third-order valence-electron chi connectivity index (χ3n) is 2.80. The molecule has 0 atom stereocenters. The minimum absolute atomic E-state index is 0.742. The van der Waals surface area contributed by atoms with Crippen molar-refractivity contribution in [2.24, 2.45) is 0 Å². The van der Waals surface area contributed by atoms with Crippen LogP contribution in [0.25, 0.3) is 11.3 Å². The Hall–Kier alpha value is -1.25. The Kier molecular flexibility index (Phi) is 4.85. The van der Waals surface area contributed by atoms with E-state index < -0.39 is 0 Å². The van der Waals surface area contributed by atoms with Crippen LogP contribution in [0.5, 0.6) is 0 Å². The van der Waals surface area contributed by atoms with Crippen molar-refractivity contribution in [3.63, 3.8) is 0 Å². The number of unbranched alkanes of at least 4 members (excludes halogenated alkanes) is 1. The van der Waals surface area contributed by atoms with E-state index in [1.54, 1.807) is 0 Å². The first-order chi connectivity index (χ1) is 8.79. The van der Waals surface area contributed by atoms with Gasteiger partial charge in [0.05, 0.1) is 6.54 Å². The first kappa shape index (κ1) is 13.2. The normalized spacial score (nSPS) is 10.8. The van der Waals surface area contributed by atoms with Gasteiger partial charge in [-0.05, 0) is 49.4 Å². The molecule has 0 amide bonds. The zero-order chi connectivity index (χ0) is 12.8. The van der Waals surface area contributed by atoms with Gasteiger partial charge < -0.3 is 9.73 Å². The SMILES string of the molecule is CCCCNCc1ccc(-c2ccc(Cl)cc2)o1. The van der Waals surface area contributed by atoms with Gasteiger partial charge in [0, 0.05) is 10.6 Å². The van der Waals surface area contributed by atoms with Gasteiger partial charge in [-0.2, -0.15) is 0 Å². The average molecular weight is 264 g/mol. The minimum atomic E-state index is 0.742. The molecule has 1 aromatic carbocycles. The standard InChI is InChI=1S/C15H18ClNO/c1-2-3-10-17-11-14-8-9-15(18-14)12-4-6-13(16)7-5-12/h4-9,17H,2-3,10-11H2,1H3. The van der Waals surface area contributed by atoms with Crippen LogP contribution >= 0.6 is 11.6 Å². The van der Waals surface area contributed by atoms with Crippen LogP contribution in [0.4, 0.5) is 0 Å². The maximum absolute atomic E-state index is 5.86. The summed E-state index contributed by atoms with van der Waals surface area (Å²) in [4.78, 5) is 0. The quantitative estimate of drug-likeness (QED) is 0.777. The second-order valence-electron chi connectivity index (χ2n) is 4.30. The highest BCUT2D eigenvalue weighted by molar-refractivity contribution is 6.30. The fourth-order valence-corrected chi connectivity index (χ4v) is 1.88. The van der Waals surface area contributed by atoms with E-state index in [9.17, 15) is 0 Å². The van der Waals surface area contributed by atoms with Crippen molar-refractivity contribution >= 4 is 11.6 Å². The molecule has 3 heteroatoms. The molecule has 1 aromatic heterocycles. The highest BCUT2D eigenvalue weighted by atomic mass is 35.5. The molecule has 0 spiro atoms. The van der Waals surface area contributed by atoms with Crippen LogP contribution in [-0.4, -0.2) is 6.54 Å². The molecule has 2 aromatic rings. The Bertz CT molecular complexity index is 475. The number of hydrogen-bond acceptors (Lipinski definition) is 2. The largest absolute Gasteiger partial charge is 0.460 e. The summed E-state index contributed by atoms with van der Waals surface area (Å²) in [6, 6.07) is 11.7.